The molecule has 0 aromatic heterocycles. The van der Waals surface area contributed by atoms with Crippen molar-refractivity contribution in [1.82, 2.24) is 0 Å². The Kier molecular flexibility index (Phi) is 5.10. The van der Waals surface area contributed by atoms with Gasteiger partial charge in [-0.3, -0.25) is 0 Å². The number of nitrogens with two attached hydrogens (primary N) is 1. The van der Waals surface area contributed by atoms with Crippen LogP contribution in [0.3, 0.4) is 0 Å². The Morgan fingerprint density at radius 2 is 1.95 bits per heavy atom. The van der Waals surface area contributed by atoms with Gasteiger partial charge in [-0.1, -0.05) is 12.1 Å². The van der Waals surface area contributed by atoms with Gasteiger partial charge in [-0.25, -0.2) is 4.39 Å². The van der Waals surface area contributed by atoms with Crippen molar-refractivity contribution < 1.29 is 9.13 Å². The molecular weight excluding hydrogens is 261 g/mol. The first-order chi connectivity index (χ1) is 9.24. The van der Waals surface area contributed by atoms with E-state index in [2.05, 4.69) is 0 Å². The van der Waals surface area contributed by atoms with Gasteiger partial charge >= 0.3 is 0 Å². The van der Waals surface area contributed by atoms with Gasteiger partial charge in [0.15, 0.2) is 0 Å². The van der Waals surface area contributed by atoms with Crippen molar-refractivity contribution in [1.29, 1.82) is 0 Å². The first-order valence-electron chi connectivity index (χ1n) is 6.11. The van der Waals surface area contributed by atoms with Crippen LogP contribution in [0.15, 0.2) is 53.4 Å². The average molecular weight is 277 g/mol. The fourth-order valence-corrected chi connectivity index (χ4v) is 2.47. The van der Waals surface area contributed by atoms with Crippen LogP contribution in [0.4, 0.5) is 10.1 Å². The van der Waals surface area contributed by atoms with E-state index in [1.807, 2.05) is 24.3 Å². The average Bonchev–Trinajstić information content (AvgIpc) is 2.38. The zero-order chi connectivity index (χ0) is 13.5. The van der Waals surface area contributed by atoms with Gasteiger partial charge in [-0.15, -0.1) is 11.8 Å². The van der Waals surface area contributed by atoms with Gasteiger partial charge in [0, 0.05) is 22.4 Å². The third-order valence-corrected chi connectivity index (χ3v) is 3.56. The minimum absolute atomic E-state index is 0.194. The quantitative estimate of drug-likeness (QED) is 0.493. The lowest BCUT2D eigenvalue weighted by Crippen LogP contribution is -1.99. The van der Waals surface area contributed by atoms with E-state index < -0.39 is 0 Å². The van der Waals surface area contributed by atoms with E-state index in [-0.39, 0.29) is 5.82 Å². The number of nitrogen functional groups attached to an aromatic ring is 1. The second-order valence-corrected chi connectivity index (χ2v) is 5.25. The van der Waals surface area contributed by atoms with Crippen LogP contribution >= 0.6 is 11.8 Å². The van der Waals surface area contributed by atoms with Crippen molar-refractivity contribution in [3.05, 3.63) is 54.3 Å². The SMILES string of the molecule is Nc1cccc(OCCCSc2cccc(F)c2)c1. The Hall–Kier alpha value is -1.68. The number of thioether (sulfide) groups is 1. The number of ether oxygens (including phenoxy) is 1. The summed E-state index contributed by atoms with van der Waals surface area (Å²) in [4.78, 5) is 0.948. The van der Waals surface area contributed by atoms with Gasteiger partial charge in [-0.2, -0.15) is 0 Å². The number of rotatable bonds is 6. The van der Waals surface area contributed by atoms with E-state index in [1.165, 1.54) is 6.07 Å². The molecule has 0 aliphatic carbocycles. The van der Waals surface area contributed by atoms with E-state index in [1.54, 1.807) is 30.0 Å². The lowest BCUT2D eigenvalue weighted by Gasteiger charge is -2.06. The highest BCUT2D eigenvalue weighted by Gasteiger charge is 1.97. The Morgan fingerprint density at radius 1 is 1.11 bits per heavy atom. The van der Waals surface area contributed by atoms with Crippen LogP contribution in [0.25, 0.3) is 0 Å². The Bertz CT molecular complexity index is 486. The maximum Gasteiger partial charge on any atom is 0.124 e. The number of halogens is 1. The summed E-state index contributed by atoms with van der Waals surface area (Å²) in [6, 6.07) is 14.0. The minimum Gasteiger partial charge on any atom is -0.493 e. The lowest BCUT2D eigenvalue weighted by molar-refractivity contribution is 0.319. The monoisotopic (exact) mass is 277 g/mol. The molecule has 2 aromatic rings. The first-order valence-corrected chi connectivity index (χ1v) is 7.09. The number of hydrogen-bond acceptors (Lipinski definition) is 3. The van der Waals surface area contributed by atoms with E-state index >= 15 is 0 Å². The molecule has 2 rings (SSSR count). The molecule has 0 bridgehead atoms. The number of anilines is 1. The molecule has 0 atom stereocenters. The van der Waals surface area contributed by atoms with E-state index in [9.17, 15) is 4.39 Å². The third-order valence-electron chi connectivity index (χ3n) is 2.48. The van der Waals surface area contributed by atoms with Gasteiger partial charge in [0.05, 0.1) is 6.61 Å². The van der Waals surface area contributed by atoms with Crippen molar-refractivity contribution in [3.8, 4) is 5.75 Å². The maximum atomic E-state index is 13.0. The van der Waals surface area contributed by atoms with Gasteiger partial charge < -0.3 is 10.5 Å². The largest absolute Gasteiger partial charge is 0.493 e. The van der Waals surface area contributed by atoms with E-state index in [4.69, 9.17) is 10.5 Å². The van der Waals surface area contributed by atoms with Gasteiger partial charge in [0.25, 0.3) is 0 Å². The first kappa shape index (κ1) is 13.7. The Labute approximate surface area is 116 Å². The van der Waals surface area contributed by atoms with Crippen molar-refractivity contribution in [2.75, 3.05) is 18.1 Å². The molecule has 19 heavy (non-hydrogen) atoms. The van der Waals surface area contributed by atoms with Crippen molar-refractivity contribution in [2.45, 2.75) is 11.3 Å². The van der Waals surface area contributed by atoms with Crippen LogP contribution in [0.1, 0.15) is 6.42 Å². The molecule has 0 radical (unpaired) electrons. The Morgan fingerprint density at radius 3 is 2.74 bits per heavy atom. The highest BCUT2D eigenvalue weighted by molar-refractivity contribution is 7.99. The molecule has 2 aromatic carbocycles. The molecule has 0 saturated heterocycles. The molecule has 0 fully saturated rings. The highest BCUT2D eigenvalue weighted by atomic mass is 32.2. The molecule has 0 unspecified atom stereocenters. The van der Waals surface area contributed by atoms with Crippen LogP contribution in [-0.2, 0) is 0 Å². The summed E-state index contributed by atoms with van der Waals surface area (Å²) in [6.45, 7) is 0.631. The van der Waals surface area contributed by atoms with Crippen LogP contribution in [0.5, 0.6) is 5.75 Å². The smallest absolute Gasteiger partial charge is 0.124 e. The molecule has 0 saturated carbocycles. The fourth-order valence-electron chi connectivity index (χ4n) is 1.60. The molecule has 0 spiro atoms. The van der Waals surface area contributed by atoms with Crippen molar-refractivity contribution >= 4 is 17.4 Å². The van der Waals surface area contributed by atoms with Crippen molar-refractivity contribution in [3.63, 3.8) is 0 Å². The molecule has 0 aliphatic rings. The zero-order valence-corrected chi connectivity index (χ0v) is 11.3. The Balaban J connectivity index is 1.67. The van der Waals surface area contributed by atoms with Gasteiger partial charge in [-0.05, 0) is 36.8 Å². The summed E-state index contributed by atoms with van der Waals surface area (Å²) >= 11 is 1.63. The van der Waals surface area contributed by atoms with Gasteiger partial charge in [0.2, 0.25) is 0 Å². The zero-order valence-electron chi connectivity index (χ0n) is 10.5. The summed E-state index contributed by atoms with van der Waals surface area (Å²) in [7, 11) is 0. The van der Waals surface area contributed by atoms with Crippen LogP contribution in [0, 0.1) is 5.82 Å². The topological polar surface area (TPSA) is 35.2 Å². The molecule has 100 valence electrons. The summed E-state index contributed by atoms with van der Waals surface area (Å²) in [5, 5.41) is 0. The van der Waals surface area contributed by atoms with Crippen LogP contribution in [0.2, 0.25) is 0 Å². The summed E-state index contributed by atoms with van der Waals surface area (Å²) < 4.78 is 18.5. The molecule has 0 aliphatic heterocycles. The second kappa shape index (κ2) is 7.04. The molecule has 0 heterocycles. The molecular formula is C15H16FNOS. The summed E-state index contributed by atoms with van der Waals surface area (Å²) in [6.07, 6.45) is 0.899. The minimum atomic E-state index is -0.194. The maximum absolute atomic E-state index is 13.0. The molecule has 2 nitrogen and oxygen atoms in total. The predicted octanol–water partition coefficient (Wildman–Crippen LogP) is 3.97. The highest BCUT2D eigenvalue weighted by Crippen LogP contribution is 2.20. The number of benzene rings is 2. The summed E-state index contributed by atoms with van der Waals surface area (Å²) in [5.41, 5.74) is 6.36. The summed E-state index contributed by atoms with van der Waals surface area (Å²) in [5.74, 6) is 1.49. The third kappa shape index (κ3) is 4.83. The molecule has 4 heteroatoms. The normalized spacial score (nSPS) is 10.4. The van der Waals surface area contributed by atoms with E-state index in [0.717, 1.165) is 22.8 Å². The second-order valence-electron chi connectivity index (χ2n) is 4.08. The van der Waals surface area contributed by atoms with Gasteiger partial charge in [0.1, 0.15) is 11.6 Å². The van der Waals surface area contributed by atoms with Crippen LogP contribution < -0.4 is 10.5 Å². The lowest BCUT2D eigenvalue weighted by atomic mass is 10.3. The predicted molar refractivity (Wildman–Crippen MR) is 78.1 cm³/mol. The standard InChI is InChI=1S/C15H16FNOS/c16-12-4-1-7-15(10-12)19-9-3-8-18-14-6-2-5-13(17)11-14/h1-2,4-7,10-11H,3,8-9,17H2. The molecule has 0 amide bonds. The van der Waals surface area contributed by atoms with Crippen molar-refractivity contribution in [2.24, 2.45) is 0 Å². The van der Waals surface area contributed by atoms with Crippen LogP contribution in [-0.4, -0.2) is 12.4 Å². The molecule has 2 N–H and O–H groups in total. The number of hydrogen-bond donors (Lipinski definition) is 1. The fraction of sp³-hybridized carbons (Fsp3) is 0.200. The van der Waals surface area contributed by atoms with E-state index in [0.29, 0.717) is 12.3 Å².